The first-order chi connectivity index (χ1) is 13.4. The van der Waals surface area contributed by atoms with Crippen LogP contribution >= 0.6 is 0 Å². The fraction of sp³-hybridized carbons (Fsp3) is 0.190. The van der Waals surface area contributed by atoms with Gasteiger partial charge in [-0.1, -0.05) is 26.0 Å². The van der Waals surface area contributed by atoms with Crippen molar-refractivity contribution in [3.05, 3.63) is 53.7 Å². The number of ether oxygens (including phenoxy) is 2. The monoisotopic (exact) mass is 375 g/mol. The molecule has 3 rings (SSSR count). The number of aromatic nitrogens is 2. The van der Waals surface area contributed by atoms with Crippen LogP contribution in [0.4, 0.5) is 11.8 Å². The summed E-state index contributed by atoms with van der Waals surface area (Å²) in [6, 6.07) is 13.3. The third-order valence-corrected chi connectivity index (χ3v) is 4.28. The van der Waals surface area contributed by atoms with Crippen LogP contribution in [0.1, 0.15) is 30.9 Å². The quantitative estimate of drug-likeness (QED) is 0.688. The molecule has 0 unspecified atom stereocenters. The average Bonchev–Trinajstić information content (AvgIpc) is 2.69. The largest absolute Gasteiger partial charge is 0.496 e. The number of methoxy groups -OCH3 is 1. The SMILES string of the molecule is COc1cc(C(C)C)c(Oc2cnc(N)nc2N)cc1-c1cccc(C#N)c1. The highest BCUT2D eigenvalue weighted by atomic mass is 16.5. The molecule has 7 heteroatoms. The van der Waals surface area contributed by atoms with Gasteiger partial charge in [0.15, 0.2) is 11.6 Å². The maximum Gasteiger partial charge on any atom is 0.222 e. The van der Waals surface area contributed by atoms with E-state index in [9.17, 15) is 5.26 Å². The fourth-order valence-corrected chi connectivity index (χ4v) is 2.86. The number of nitrogens with zero attached hydrogens (tertiary/aromatic N) is 3. The lowest BCUT2D eigenvalue weighted by Gasteiger charge is -2.19. The van der Waals surface area contributed by atoms with E-state index in [1.54, 1.807) is 19.2 Å². The zero-order chi connectivity index (χ0) is 20.3. The summed E-state index contributed by atoms with van der Waals surface area (Å²) < 4.78 is 11.7. The molecule has 4 N–H and O–H groups in total. The van der Waals surface area contributed by atoms with Crippen LogP contribution in [0, 0.1) is 11.3 Å². The number of anilines is 2. The smallest absolute Gasteiger partial charge is 0.222 e. The number of hydrogen-bond acceptors (Lipinski definition) is 7. The van der Waals surface area contributed by atoms with E-state index in [0.717, 1.165) is 16.7 Å². The first-order valence-corrected chi connectivity index (χ1v) is 8.71. The molecule has 3 aromatic rings. The van der Waals surface area contributed by atoms with E-state index in [4.69, 9.17) is 20.9 Å². The molecular weight excluding hydrogens is 354 g/mol. The summed E-state index contributed by atoms with van der Waals surface area (Å²) in [7, 11) is 1.61. The van der Waals surface area contributed by atoms with Gasteiger partial charge in [0, 0.05) is 11.1 Å². The molecule has 0 fully saturated rings. The molecule has 0 saturated carbocycles. The summed E-state index contributed by atoms with van der Waals surface area (Å²) in [5.41, 5.74) is 14.6. The van der Waals surface area contributed by atoms with Crippen molar-refractivity contribution in [2.24, 2.45) is 0 Å². The zero-order valence-corrected chi connectivity index (χ0v) is 15.9. The molecule has 0 spiro atoms. The van der Waals surface area contributed by atoms with Gasteiger partial charge in [0.1, 0.15) is 11.5 Å². The summed E-state index contributed by atoms with van der Waals surface area (Å²) >= 11 is 0. The van der Waals surface area contributed by atoms with Gasteiger partial charge >= 0.3 is 0 Å². The van der Waals surface area contributed by atoms with Crippen molar-refractivity contribution in [2.75, 3.05) is 18.6 Å². The van der Waals surface area contributed by atoms with Crippen LogP contribution in [0.25, 0.3) is 11.1 Å². The van der Waals surface area contributed by atoms with Crippen molar-refractivity contribution in [1.29, 1.82) is 5.26 Å². The van der Waals surface area contributed by atoms with Gasteiger partial charge in [-0.2, -0.15) is 10.2 Å². The number of nitriles is 1. The molecule has 0 atom stereocenters. The van der Waals surface area contributed by atoms with Gasteiger partial charge in [0.2, 0.25) is 5.95 Å². The van der Waals surface area contributed by atoms with Crippen molar-refractivity contribution in [1.82, 2.24) is 9.97 Å². The van der Waals surface area contributed by atoms with Crippen molar-refractivity contribution >= 4 is 11.8 Å². The summed E-state index contributed by atoms with van der Waals surface area (Å²) in [5, 5.41) is 9.21. The van der Waals surface area contributed by atoms with Gasteiger partial charge < -0.3 is 20.9 Å². The lowest BCUT2D eigenvalue weighted by Crippen LogP contribution is -2.03. The Balaban J connectivity index is 2.16. The second-order valence-electron chi connectivity index (χ2n) is 6.52. The van der Waals surface area contributed by atoms with Crippen LogP contribution in [0.2, 0.25) is 0 Å². The summed E-state index contributed by atoms with van der Waals surface area (Å²) in [6.07, 6.45) is 1.45. The minimum atomic E-state index is 0.0812. The summed E-state index contributed by atoms with van der Waals surface area (Å²) in [5.74, 6) is 2.02. The van der Waals surface area contributed by atoms with Gasteiger partial charge in [-0.25, -0.2) is 4.98 Å². The molecule has 0 radical (unpaired) electrons. The van der Waals surface area contributed by atoms with Crippen LogP contribution in [0.5, 0.6) is 17.2 Å². The van der Waals surface area contributed by atoms with E-state index in [2.05, 4.69) is 29.9 Å². The van der Waals surface area contributed by atoms with Crippen LogP contribution in [0.15, 0.2) is 42.6 Å². The standard InChI is InChI=1S/C21H21N5O2/c1-12(2)15-8-17(27-3)16(14-6-4-5-13(7-14)10-22)9-18(15)28-19-11-25-21(24)26-20(19)23/h4-9,11-12H,1-3H3,(H4,23,24,25,26). The molecule has 0 aliphatic rings. The second kappa shape index (κ2) is 7.84. The molecule has 0 aliphatic carbocycles. The highest BCUT2D eigenvalue weighted by Gasteiger charge is 2.18. The Morgan fingerprint density at radius 3 is 2.50 bits per heavy atom. The summed E-state index contributed by atoms with van der Waals surface area (Å²) in [6.45, 7) is 4.11. The Hall–Kier alpha value is -3.79. The highest BCUT2D eigenvalue weighted by molar-refractivity contribution is 5.74. The van der Waals surface area contributed by atoms with Crippen LogP contribution < -0.4 is 20.9 Å². The van der Waals surface area contributed by atoms with Gasteiger partial charge in [0.25, 0.3) is 0 Å². The molecule has 1 heterocycles. The minimum absolute atomic E-state index is 0.0812. The molecule has 1 aromatic heterocycles. The Bertz CT molecular complexity index is 1060. The average molecular weight is 375 g/mol. The van der Waals surface area contributed by atoms with Gasteiger partial charge in [-0.3, -0.25) is 0 Å². The maximum absolute atomic E-state index is 9.21. The number of hydrogen-bond donors (Lipinski definition) is 2. The van der Waals surface area contributed by atoms with E-state index in [1.165, 1.54) is 6.20 Å². The first kappa shape index (κ1) is 19.0. The molecule has 28 heavy (non-hydrogen) atoms. The third-order valence-electron chi connectivity index (χ3n) is 4.28. The van der Waals surface area contributed by atoms with Gasteiger partial charge in [-0.05, 0) is 35.7 Å². The van der Waals surface area contributed by atoms with Crippen molar-refractivity contribution in [3.63, 3.8) is 0 Å². The highest BCUT2D eigenvalue weighted by Crippen LogP contribution is 2.41. The molecule has 0 aliphatic heterocycles. The lowest BCUT2D eigenvalue weighted by molar-refractivity contribution is 0.412. The van der Waals surface area contributed by atoms with Crippen molar-refractivity contribution < 1.29 is 9.47 Å². The van der Waals surface area contributed by atoms with Gasteiger partial charge in [-0.15, -0.1) is 0 Å². The topological polar surface area (TPSA) is 120 Å². The number of nitrogen functional groups attached to an aromatic ring is 2. The molecule has 7 nitrogen and oxygen atoms in total. The van der Waals surface area contributed by atoms with Crippen molar-refractivity contribution in [3.8, 4) is 34.4 Å². The Morgan fingerprint density at radius 1 is 1.07 bits per heavy atom. The fourth-order valence-electron chi connectivity index (χ4n) is 2.86. The van der Waals surface area contributed by atoms with E-state index in [-0.39, 0.29) is 17.7 Å². The third kappa shape index (κ3) is 3.81. The van der Waals surface area contributed by atoms with Gasteiger partial charge in [0.05, 0.1) is 24.9 Å². The normalized spacial score (nSPS) is 10.5. The Kier molecular flexibility index (Phi) is 5.32. The Morgan fingerprint density at radius 2 is 1.86 bits per heavy atom. The molecule has 0 saturated heterocycles. The maximum atomic E-state index is 9.21. The van der Waals surface area contributed by atoms with Crippen LogP contribution in [-0.4, -0.2) is 17.1 Å². The number of benzene rings is 2. The zero-order valence-electron chi connectivity index (χ0n) is 15.9. The van der Waals surface area contributed by atoms with E-state index >= 15 is 0 Å². The van der Waals surface area contributed by atoms with E-state index in [1.807, 2.05) is 24.3 Å². The van der Waals surface area contributed by atoms with Crippen LogP contribution in [-0.2, 0) is 0 Å². The lowest BCUT2D eigenvalue weighted by atomic mass is 9.95. The Labute approximate surface area is 163 Å². The minimum Gasteiger partial charge on any atom is -0.496 e. The molecule has 0 amide bonds. The van der Waals surface area contributed by atoms with E-state index < -0.39 is 0 Å². The number of nitrogens with two attached hydrogens (primary N) is 2. The molecular formula is C21H21N5O2. The molecule has 142 valence electrons. The predicted molar refractivity (Wildman–Crippen MR) is 108 cm³/mol. The second-order valence-corrected chi connectivity index (χ2v) is 6.52. The predicted octanol–water partition coefficient (Wildman–Crippen LogP) is 4.10. The summed E-state index contributed by atoms with van der Waals surface area (Å²) in [4.78, 5) is 7.89. The number of rotatable bonds is 5. The van der Waals surface area contributed by atoms with Crippen LogP contribution in [0.3, 0.4) is 0 Å². The van der Waals surface area contributed by atoms with E-state index in [0.29, 0.717) is 22.8 Å². The first-order valence-electron chi connectivity index (χ1n) is 8.71. The molecule has 0 bridgehead atoms. The van der Waals surface area contributed by atoms with Crippen molar-refractivity contribution in [2.45, 2.75) is 19.8 Å². The molecule has 2 aromatic carbocycles.